The summed E-state index contributed by atoms with van der Waals surface area (Å²) in [6.45, 7) is 12.5. The van der Waals surface area contributed by atoms with Crippen LogP contribution in [0.15, 0.2) is 60.0 Å². The van der Waals surface area contributed by atoms with Gasteiger partial charge in [-0.1, -0.05) is 32.0 Å². The fraction of sp³-hybridized carbons (Fsp3) is 0.400. The predicted octanol–water partition coefficient (Wildman–Crippen LogP) is 5.04. The minimum Gasteiger partial charge on any atom is -0.493 e. The lowest BCUT2D eigenvalue weighted by atomic mass is 10.1. The van der Waals surface area contributed by atoms with Gasteiger partial charge >= 0.3 is 0 Å². The van der Waals surface area contributed by atoms with Gasteiger partial charge in [0, 0.05) is 25.1 Å². The number of hydrogen-bond acceptors (Lipinski definition) is 4. The van der Waals surface area contributed by atoms with E-state index in [1.165, 1.54) is 5.56 Å². The zero-order valence-corrected chi connectivity index (χ0v) is 22.4. The molecule has 33 heavy (non-hydrogen) atoms. The molecule has 0 spiro atoms. The maximum Gasteiger partial charge on any atom is 0.192 e. The molecule has 0 amide bonds. The quantitative estimate of drug-likeness (QED) is 0.217. The van der Waals surface area contributed by atoms with E-state index >= 15 is 0 Å². The van der Waals surface area contributed by atoms with E-state index in [1.54, 1.807) is 6.20 Å². The van der Waals surface area contributed by atoms with Crippen LogP contribution in [0, 0.1) is 12.8 Å². The van der Waals surface area contributed by atoms with Gasteiger partial charge in [-0.2, -0.15) is 0 Å². The van der Waals surface area contributed by atoms with Crippen molar-refractivity contribution in [2.75, 3.05) is 13.2 Å². The van der Waals surface area contributed by atoms with Crippen molar-refractivity contribution in [3.05, 3.63) is 71.9 Å². The molecule has 0 bridgehead atoms. The minimum atomic E-state index is 0. The van der Waals surface area contributed by atoms with E-state index in [0.717, 1.165) is 42.1 Å². The Morgan fingerprint density at radius 2 is 1.85 bits per heavy atom. The molecule has 8 heteroatoms. The first-order valence-corrected chi connectivity index (χ1v) is 11.2. The highest BCUT2D eigenvalue weighted by Crippen LogP contribution is 2.18. The number of benzene rings is 1. The molecule has 2 heterocycles. The van der Waals surface area contributed by atoms with Crippen molar-refractivity contribution in [3.63, 3.8) is 0 Å². The number of rotatable bonds is 9. The molecule has 178 valence electrons. The molecule has 0 saturated heterocycles. The van der Waals surface area contributed by atoms with Crippen LogP contribution in [-0.4, -0.2) is 33.6 Å². The zero-order chi connectivity index (χ0) is 22.9. The van der Waals surface area contributed by atoms with Gasteiger partial charge in [0.25, 0.3) is 0 Å². The number of hydrogen-bond donors (Lipinski definition) is 2. The second kappa shape index (κ2) is 13.2. The van der Waals surface area contributed by atoms with Gasteiger partial charge in [0.2, 0.25) is 0 Å². The van der Waals surface area contributed by atoms with Gasteiger partial charge in [-0.25, -0.2) is 15.0 Å². The average molecular weight is 563 g/mol. The van der Waals surface area contributed by atoms with Crippen LogP contribution in [-0.2, 0) is 6.54 Å². The molecule has 0 radical (unpaired) electrons. The third-order valence-electron chi connectivity index (χ3n) is 4.96. The summed E-state index contributed by atoms with van der Waals surface area (Å²) in [6.07, 6.45) is 5.55. The van der Waals surface area contributed by atoms with E-state index in [0.29, 0.717) is 12.5 Å². The van der Waals surface area contributed by atoms with E-state index in [-0.39, 0.29) is 30.0 Å². The number of ether oxygens (including phenoxy) is 1. The molecular formula is C25H35IN6O. The SMILES string of the molecule is CCNC(=NCc1ccc(-n2ccnc2C)nc1)NC(C)c1ccc(OCC(C)C)cc1.I. The Labute approximate surface area is 214 Å². The zero-order valence-electron chi connectivity index (χ0n) is 20.1. The number of pyridine rings is 1. The van der Waals surface area contributed by atoms with Crippen LogP contribution in [0.4, 0.5) is 0 Å². The Hall–Kier alpha value is -2.62. The Morgan fingerprint density at radius 1 is 1.09 bits per heavy atom. The highest BCUT2D eigenvalue weighted by atomic mass is 127. The van der Waals surface area contributed by atoms with Gasteiger partial charge in [0.15, 0.2) is 5.96 Å². The molecule has 2 aromatic heterocycles. The Balaban J connectivity index is 0.00000385. The third-order valence-corrected chi connectivity index (χ3v) is 4.96. The smallest absolute Gasteiger partial charge is 0.192 e. The molecule has 3 rings (SSSR count). The van der Waals surface area contributed by atoms with E-state index in [9.17, 15) is 0 Å². The molecule has 1 aromatic carbocycles. The third kappa shape index (κ3) is 8.03. The Kier molecular flexibility index (Phi) is 10.6. The van der Waals surface area contributed by atoms with Gasteiger partial charge in [-0.3, -0.25) is 4.57 Å². The molecule has 0 aliphatic carbocycles. The van der Waals surface area contributed by atoms with Crippen LogP contribution in [0.1, 0.15) is 50.7 Å². The normalized spacial score (nSPS) is 12.2. The molecule has 0 aliphatic rings. The summed E-state index contributed by atoms with van der Waals surface area (Å²) < 4.78 is 7.74. The Bertz CT molecular complexity index is 998. The lowest BCUT2D eigenvalue weighted by Gasteiger charge is -2.19. The molecule has 1 unspecified atom stereocenters. The molecule has 3 aromatic rings. The van der Waals surface area contributed by atoms with Crippen molar-refractivity contribution >= 4 is 29.9 Å². The highest BCUT2D eigenvalue weighted by Gasteiger charge is 2.09. The van der Waals surface area contributed by atoms with Crippen LogP contribution < -0.4 is 15.4 Å². The first kappa shape index (κ1) is 26.6. The summed E-state index contributed by atoms with van der Waals surface area (Å²) >= 11 is 0. The highest BCUT2D eigenvalue weighted by molar-refractivity contribution is 14.0. The maximum atomic E-state index is 5.78. The standard InChI is InChI=1S/C25H34N6O.HI/c1-6-26-25(30-19(4)22-8-10-23(11-9-22)32-17-18(2)3)29-16-21-7-12-24(28-15-21)31-14-13-27-20(31)5;/h7-15,18-19H,6,16-17H2,1-5H3,(H2,26,29,30);1H. The fourth-order valence-corrected chi connectivity index (χ4v) is 3.17. The van der Waals surface area contributed by atoms with Crippen molar-refractivity contribution in [1.82, 2.24) is 25.2 Å². The number of halogens is 1. The molecule has 2 N–H and O–H groups in total. The van der Waals surface area contributed by atoms with Crippen molar-refractivity contribution in [2.45, 2.75) is 47.2 Å². The fourth-order valence-electron chi connectivity index (χ4n) is 3.17. The molecule has 0 fully saturated rings. The summed E-state index contributed by atoms with van der Waals surface area (Å²) in [4.78, 5) is 13.5. The number of imidazole rings is 1. The number of aromatic nitrogens is 3. The lowest BCUT2D eigenvalue weighted by Crippen LogP contribution is -2.38. The van der Waals surface area contributed by atoms with Crippen LogP contribution in [0.5, 0.6) is 5.75 Å². The van der Waals surface area contributed by atoms with Crippen LogP contribution in [0.25, 0.3) is 5.82 Å². The molecule has 0 aliphatic heterocycles. The lowest BCUT2D eigenvalue weighted by molar-refractivity contribution is 0.271. The van der Waals surface area contributed by atoms with Crippen LogP contribution in [0.2, 0.25) is 0 Å². The van der Waals surface area contributed by atoms with E-state index in [4.69, 9.17) is 9.73 Å². The topological polar surface area (TPSA) is 76.4 Å². The first-order valence-electron chi connectivity index (χ1n) is 11.2. The first-order chi connectivity index (χ1) is 15.5. The molecular weight excluding hydrogens is 527 g/mol. The second-order valence-corrected chi connectivity index (χ2v) is 8.20. The van der Waals surface area contributed by atoms with Crippen LogP contribution >= 0.6 is 24.0 Å². The van der Waals surface area contributed by atoms with Crippen molar-refractivity contribution in [1.29, 1.82) is 0 Å². The second-order valence-electron chi connectivity index (χ2n) is 8.20. The van der Waals surface area contributed by atoms with Gasteiger partial charge in [-0.05, 0) is 56.0 Å². The molecule has 0 saturated carbocycles. The van der Waals surface area contributed by atoms with Gasteiger partial charge in [0.1, 0.15) is 17.4 Å². The summed E-state index contributed by atoms with van der Waals surface area (Å²) in [7, 11) is 0. The van der Waals surface area contributed by atoms with E-state index in [2.05, 4.69) is 60.4 Å². The van der Waals surface area contributed by atoms with E-state index < -0.39 is 0 Å². The Morgan fingerprint density at radius 3 is 2.42 bits per heavy atom. The predicted molar refractivity (Wildman–Crippen MR) is 145 cm³/mol. The minimum absolute atomic E-state index is 0. The van der Waals surface area contributed by atoms with Crippen molar-refractivity contribution < 1.29 is 4.74 Å². The van der Waals surface area contributed by atoms with Crippen molar-refractivity contribution in [3.8, 4) is 11.6 Å². The number of aryl methyl sites for hydroxylation is 1. The summed E-state index contributed by atoms with van der Waals surface area (Å²) in [5.74, 6) is 3.95. The number of nitrogens with one attached hydrogen (secondary N) is 2. The molecule has 7 nitrogen and oxygen atoms in total. The number of nitrogens with zero attached hydrogens (tertiary/aromatic N) is 4. The summed E-state index contributed by atoms with van der Waals surface area (Å²) in [5.41, 5.74) is 2.22. The van der Waals surface area contributed by atoms with E-state index in [1.807, 2.05) is 48.1 Å². The number of aliphatic imine (C=N–C) groups is 1. The van der Waals surface area contributed by atoms with Gasteiger partial charge in [0.05, 0.1) is 19.2 Å². The largest absolute Gasteiger partial charge is 0.493 e. The van der Waals surface area contributed by atoms with Crippen LogP contribution in [0.3, 0.4) is 0 Å². The number of guanidine groups is 1. The maximum absolute atomic E-state index is 5.78. The van der Waals surface area contributed by atoms with Gasteiger partial charge in [-0.15, -0.1) is 24.0 Å². The molecule has 1 atom stereocenters. The summed E-state index contributed by atoms with van der Waals surface area (Å²) in [5, 5.41) is 6.80. The summed E-state index contributed by atoms with van der Waals surface area (Å²) in [6, 6.07) is 12.4. The average Bonchev–Trinajstić information content (AvgIpc) is 3.22. The van der Waals surface area contributed by atoms with Crippen molar-refractivity contribution in [2.24, 2.45) is 10.9 Å². The monoisotopic (exact) mass is 562 g/mol. The van der Waals surface area contributed by atoms with Gasteiger partial charge < -0.3 is 15.4 Å².